The zero-order valence-corrected chi connectivity index (χ0v) is 7.66. The van der Waals surface area contributed by atoms with Crippen LogP contribution in [0.15, 0.2) is 18.2 Å². The first-order valence-electron chi connectivity index (χ1n) is 4.25. The monoisotopic (exact) mass is 191 g/mol. The van der Waals surface area contributed by atoms with Gasteiger partial charge < -0.3 is 4.74 Å². The van der Waals surface area contributed by atoms with Crippen LogP contribution in [0.25, 0.3) is 0 Å². The Balaban J connectivity index is 2.54. The number of hydrogen-bond acceptors (Lipinski definition) is 3. The third-order valence-electron chi connectivity index (χ3n) is 2.12. The Hall–Kier alpha value is -1.84. The van der Waals surface area contributed by atoms with E-state index in [-0.39, 0.29) is 12.4 Å². The number of carbonyl (C=O) groups is 2. The molecule has 1 heterocycles. The van der Waals surface area contributed by atoms with Gasteiger partial charge in [-0.2, -0.15) is 0 Å². The highest BCUT2D eigenvalue weighted by Gasteiger charge is 2.19. The Morgan fingerprint density at radius 3 is 3.00 bits per heavy atom. The van der Waals surface area contributed by atoms with Gasteiger partial charge in [0, 0.05) is 11.1 Å². The minimum absolute atomic E-state index is 0.0657. The predicted molar refractivity (Wildman–Crippen MR) is 50.3 cm³/mol. The first-order chi connectivity index (χ1) is 6.68. The van der Waals surface area contributed by atoms with E-state index in [0.29, 0.717) is 11.3 Å². The number of hydrogen-bond donors (Lipinski definition) is 1. The molecule has 0 atom stereocenters. The lowest BCUT2D eigenvalue weighted by Crippen LogP contribution is -2.22. The van der Waals surface area contributed by atoms with E-state index in [1.54, 1.807) is 12.1 Å². The molecule has 1 N–H and O–H groups in total. The zero-order chi connectivity index (χ0) is 10.1. The molecule has 1 amide bonds. The molecule has 0 fully saturated rings. The van der Waals surface area contributed by atoms with Gasteiger partial charge in [0.05, 0.1) is 5.69 Å². The van der Waals surface area contributed by atoms with Crippen LogP contribution in [0.5, 0.6) is 0 Å². The van der Waals surface area contributed by atoms with Crippen molar-refractivity contribution in [3.8, 4) is 0 Å². The van der Waals surface area contributed by atoms with E-state index in [0.717, 1.165) is 5.56 Å². The molecule has 2 rings (SSSR count). The van der Waals surface area contributed by atoms with Crippen molar-refractivity contribution in [2.24, 2.45) is 0 Å². The van der Waals surface area contributed by atoms with Crippen molar-refractivity contribution in [1.82, 2.24) is 0 Å². The summed E-state index contributed by atoms with van der Waals surface area (Å²) in [6.07, 6.45) is -0.508. The highest BCUT2D eigenvalue weighted by Crippen LogP contribution is 2.25. The molecule has 72 valence electrons. The van der Waals surface area contributed by atoms with Crippen LogP contribution in [0.4, 0.5) is 10.5 Å². The highest BCUT2D eigenvalue weighted by molar-refractivity contribution is 6.04. The number of cyclic esters (lactones) is 1. The Kier molecular flexibility index (Phi) is 1.96. The predicted octanol–water partition coefficient (Wildman–Crippen LogP) is 1.95. The molecule has 1 aromatic carbocycles. The van der Waals surface area contributed by atoms with Crippen LogP contribution in [0.2, 0.25) is 0 Å². The van der Waals surface area contributed by atoms with Crippen molar-refractivity contribution in [2.45, 2.75) is 13.5 Å². The zero-order valence-electron chi connectivity index (χ0n) is 7.66. The smallest absolute Gasteiger partial charge is 0.411 e. The first-order valence-corrected chi connectivity index (χ1v) is 4.25. The molecule has 0 saturated carbocycles. The molecular formula is C10H9NO3. The maximum absolute atomic E-state index is 11.2. The van der Waals surface area contributed by atoms with Crippen LogP contribution in [-0.4, -0.2) is 11.9 Å². The maximum atomic E-state index is 11.2. The molecule has 14 heavy (non-hydrogen) atoms. The van der Waals surface area contributed by atoms with Crippen molar-refractivity contribution in [2.75, 3.05) is 5.32 Å². The molecule has 0 spiro atoms. The number of Topliss-reactive ketones (excluding diaryl/α,β-unsaturated/α-hetero) is 1. The lowest BCUT2D eigenvalue weighted by molar-refractivity contribution is 0.101. The third-order valence-corrected chi connectivity index (χ3v) is 2.12. The summed E-state index contributed by atoms with van der Waals surface area (Å²) in [6, 6.07) is 5.28. The quantitative estimate of drug-likeness (QED) is 0.690. The van der Waals surface area contributed by atoms with Crippen LogP contribution in [-0.2, 0) is 11.3 Å². The lowest BCUT2D eigenvalue weighted by Gasteiger charge is -2.19. The van der Waals surface area contributed by atoms with Gasteiger partial charge in [0.2, 0.25) is 0 Å². The topological polar surface area (TPSA) is 55.4 Å². The number of amides is 1. The SMILES string of the molecule is CC(=O)c1cccc2c1NC(=O)OC2. The van der Waals surface area contributed by atoms with Gasteiger partial charge in [0.15, 0.2) is 5.78 Å². The molecule has 0 aliphatic carbocycles. The summed E-state index contributed by atoms with van der Waals surface area (Å²) < 4.78 is 4.78. The second kappa shape index (κ2) is 3.14. The lowest BCUT2D eigenvalue weighted by atomic mass is 10.0. The largest absolute Gasteiger partial charge is 0.444 e. The Bertz CT molecular complexity index is 412. The molecule has 4 heteroatoms. The van der Waals surface area contributed by atoms with Crippen LogP contribution in [0.3, 0.4) is 0 Å². The van der Waals surface area contributed by atoms with Crippen molar-refractivity contribution in [1.29, 1.82) is 0 Å². The second-order valence-electron chi connectivity index (χ2n) is 3.10. The molecular weight excluding hydrogens is 182 g/mol. The number of rotatable bonds is 1. The van der Waals surface area contributed by atoms with E-state index in [1.807, 2.05) is 6.07 Å². The van der Waals surface area contributed by atoms with E-state index >= 15 is 0 Å². The average molecular weight is 191 g/mol. The van der Waals surface area contributed by atoms with Gasteiger partial charge in [-0.15, -0.1) is 0 Å². The van der Waals surface area contributed by atoms with Gasteiger partial charge in [-0.05, 0) is 13.0 Å². The highest BCUT2D eigenvalue weighted by atomic mass is 16.5. The summed E-state index contributed by atoms with van der Waals surface area (Å²) in [7, 11) is 0. The third kappa shape index (κ3) is 1.35. The van der Waals surface area contributed by atoms with Crippen LogP contribution in [0, 0.1) is 0 Å². The van der Waals surface area contributed by atoms with Crippen molar-refractivity contribution < 1.29 is 14.3 Å². The standard InChI is InChI=1S/C10H9NO3/c1-6(12)8-4-2-3-7-5-14-10(13)11-9(7)8/h2-4H,5H2,1H3,(H,11,13). The van der Waals surface area contributed by atoms with E-state index in [9.17, 15) is 9.59 Å². The molecule has 0 unspecified atom stereocenters. The average Bonchev–Trinajstić information content (AvgIpc) is 2.16. The number of fused-ring (bicyclic) bond motifs is 1. The number of ketones is 1. The summed E-state index contributed by atoms with van der Waals surface area (Å²) in [5.74, 6) is -0.0657. The second-order valence-corrected chi connectivity index (χ2v) is 3.10. The number of anilines is 1. The number of para-hydroxylation sites is 1. The normalized spacial score (nSPS) is 13.9. The molecule has 0 radical (unpaired) electrons. The molecule has 0 saturated heterocycles. The van der Waals surface area contributed by atoms with Gasteiger partial charge in [0.25, 0.3) is 0 Å². The van der Waals surface area contributed by atoms with E-state index in [1.165, 1.54) is 6.92 Å². The summed E-state index contributed by atoms with van der Waals surface area (Å²) >= 11 is 0. The Morgan fingerprint density at radius 1 is 1.50 bits per heavy atom. The molecule has 1 aliphatic rings. The maximum Gasteiger partial charge on any atom is 0.411 e. The Labute approximate surface area is 80.9 Å². The van der Waals surface area contributed by atoms with Gasteiger partial charge in [-0.3, -0.25) is 10.1 Å². The number of carbonyl (C=O) groups excluding carboxylic acids is 2. The minimum atomic E-state index is -0.508. The Morgan fingerprint density at radius 2 is 2.29 bits per heavy atom. The van der Waals surface area contributed by atoms with Gasteiger partial charge in [0.1, 0.15) is 6.61 Å². The number of ether oxygens (including phenoxy) is 1. The van der Waals surface area contributed by atoms with Crippen molar-refractivity contribution in [3.05, 3.63) is 29.3 Å². The summed E-state index contributed by atoms with van der Waals surface area (Å²) in [5, 5.41) is 2.53. The fraction of sp³-hybridized carbons (Fsp3) is 0.200. The minimum Gasteiger partial charge on any atom is -0.444 e. The van der Waals surface area contributed by atoms with Crippen LogP contribution >= 0.6 is 0 Å². The van der Waals surface area contributed by atoms with Crippen molar-refractivity contribution >= 4 is 17.6 Å². The molecule has 0 aromatic heterocycles. The van der Waals surface area contributed by atoms with E-state index < -0.39 is 6.09 Å². The fourth-order valence-electron chi connectivity index (χ4n) is 1.44. The summed E-state index contributed by atoms with van der Waals surface area (Å²) in [4.78, 5) is 22.2. The number of benzene rings is 1. The first kappa shape index (κ1) is 8.74. The molecule has 1 aliphatic heterocycles. The number of nitrogens with one attached hydrogen (secondary N) is 1. The molecule has 1 aromatic rings. The molecule has 0 bridgehead atoms. The van der Waals surface area contributed by atoms with Gasteiger partial charge in [-0.1, -0.05) is 12.1 Å². The van der Waals surface area contributed by atoms with E-state index in [2.05, 4.69) is 5.32 Å². The van der Waals surface area contributed by atoms with Gasteiger partial charge in [-0.25, -0.2) is 4.79 Å². The van der Waals surface area contributed by atoms with E-state index in [4.69, 9.17) is 4.74 Å². The van der Waals surface area contributed by atoms with Crippen LogP contribution in [0.1, 0.15) is 22.8 Å². The summed E-state index contributed by atoms with van der Waals surface area (Å²) in [5.41, 5.74) is 1.94. The van der Waals surface area contributed by atoms with Crippen LogP contribution < -0.4 is 5.32 Å². The fourth-order valence-corrected chi connectivity index (χ4v) is 1.44. The summed E-state index contributed by atoms with van der Waals surface area (Å²) in [6.45, 7) is 1.69. The van der Waals surface area contributed by atoms with Crippen molar-refractivity contribution in [3.63, 3.8) is 0 Å². The molecule has 4 nitrogen and oxygen atoms in total. The van der Waals surface area contributed by atoms with Gasteiger partial charge >= 0.3 is 6.09 Å².